The second kappa shape index (κ2) is 12.4. The lowest BCUT2D eigenvalue weighted by Gasteiger charge is -2.44. The number of aliphatic hydroxyl groups excluding tert-OH is 3. The van der Waals surface area contributed by atoms with Crippen molar-refractivity contribution in [3.63, 3.8) is 0 Å². The highest BCUT2D eigenvalue weighted by atomic mass is 16.6. The van der Waals surface area contributed by atoms with Gasteiger partial charge in [0.05, 0.1) is 18.2 Å². The molecule has 196 valence electrons. The molecule has 1 unspecified atom stereocenters. The molecule has 1 rings (SSSR count). The minimum absolute atomic E-state index is 0.265. The summed E-state index contributed by atoms with van der Waals surface area (Å²) in [6.45, 7) is 4.54. The molecule has 14 heteroatoms. The van der Waals surface area contributed by atoms with Gasteiger partial charge in [-0.25, -0.2) is 0 Å². The Hall–Kier alpha value is -2.36. The number of hydrogen-bond donors (Lipinski definition) is 7. The van der Waals surface area contributed by atoms with Crippen molar-refractivity contribution in [1.82, 2.24) is 10.2 Å². The van der Waals surface area contributed by atoms with E-state index in [0.29, 0.717) is 0 Å². The second-order valence-electron chi connectivity index (χ2n) is 8.91. The highest BCUT2D eigenvalue weighted by molar-refractivity contribution is 5.91. The van der Waals surface area contributed by atoms with Crippen LogP contribution >= 0.6 is 0 Å². The number of carbonyl (C=O) groups excluding carboxylic acids is 3. The zero-order chi connectivity index (χ0) is 26.4. The first-order valence-corrected chi connectivity index (χ1v) is 10.8. The van der Waals surface area contributed by atoms with Gasteiger partial charge in [0, 0.05) is 19.9 Å². The van der Waals surface area contributed by atoms with Gasteiger partial charge in [-0.15, -0.1) is 0 Å². The molecule has 0 aromatic heterocycles. The first kappa shape index (κ1) is 29.7. The van der Waals surface area contributed by atoms with Crippen LogP contribution in [0.3, 0.4) is 0 Å². The molecule has 14 nitrogen and oxygen atoms in total. The van der Waals surface area contributed by atoms with E-state index in [1.807, 2.05) is 0 Å². The average Bonchev–Trinajstić information content (AvgIpc) is 2.70. The van der Waals surface area contributed by atoms with Gasteiger partial charge in [0.15, 0.2) is 6.29 Å². The monoisotopic (exact) mass is 492 g/mol. The van der Waals surface area contributed by atoms with Crippen molar-refractivity contribution in [3.05, 3.63) is 0 Å². The zero-order valence-corrected chi connectivity index (χ0v) is 19.7. The average molecular weight is 493 g/mol. The third-order valence-corrected chi connectivity index (χ3v) is 5.23. The summed E-state index contributed by atoms with van der Waals surface area (Å²) >= 11 is 0. The number of carbonyl (C=O) groups is 4. The zero-order valence-electron chi connectivity index (χ0n) is 19.7. The third kappa shape index (κ3) is 8.14. The highest BCUT2D eigenvalue weighted by Crippen LogP contribution is 2.24. The van der Waals surface area contributed by atoms with Crippen molar-refractivity contribution in [2.45, 2.75) is 88.9 Å². The molecule has 1 heterocycles. The number of nitrogens with zero attached hydrogens (tertiary/aromatic N) is 1. The number of amides is 3. The molecular weight excluding hydrogens is 456 g/mol. The molecule has 0 aromatic rings. The SMILES string of the molecule is CC(=O)N[C@@H]1[C@@H](OC(C)CN(C(=O)C(C)(C)N)[C@H](CCC(=O)O)C(N)=O)[C@H](O)[C@@H](CO)O[C@@H]1O. The van der Waals surface area contributed by atoms with Gasteiger partial charge in [-0.2, -0.15) is 0 Å². The Bertz CT molecular complexity index is 743. The van der Waals surface area contributed by atoms with Crippen molar-refractivity contribution in [3.8, 4) is 0 Å². The maximum absolute atomic E-state index is 13.0. The minimum atomic E-state index is -1.61. The normalized spacial score (nSPS) is 26.9. The van der Waals surface area contributed by atoms with Crippen LogP contribution in [0.4, 0.5) is 0 Å². The molecule has 0 radical (unpaired) electrons. The molecule has 34 heavy (non-hydrogen) atoms. The maximum Gasteiger partial charge on any atom is 0.303 e. The van der Waals surface area contributed by atoms with Crippen LogP contribution in [-0.2, 0) is 28.7 Å². The largest absolute Gasteiger partial charge is 0.481 e. The molecule has 1 saturated heterocycles. The first-order valence-electron chi connectivity index (χ1n) is 10.8. The van der Waals surface area contributed by atoms with Gasteiger partial charge in [0.1, 0.15) is 30.4 Å². The number of ether oxygens (including phenoxy) is 2. The first-order chi connectivity index (χ1) is 15.6. The Kier molecular flexibility index (Phi) is 10.8. The van der Waals surface area contributed by atoms with E-state index in [2.05, 4.69) is 5.32 Å². The molecule has 1 aliphatic heterocycles. The Balaban J connectivity index is 3.20. The van der Waals surface area contributed by atoms with Crippen molar-refractivity contribution < 1.29 is 49.1 Å². The molecular formula is C20H36N4O10. The molecule has 3 amide bonds. The lowest BCUT2D eigenvalue weighted by Crippen LogP contribution is -2.66. The van der Waals surface area contributed by atoms with Crippen molar-refractivity contribution in [2.75, 3.05) is 13.2 Å². The summed E-state index contributed by atoms with van der Waals surface area (Å²) < 4.78 is 11.0. The number of carboxylic acids is 1. The van der Waals surface area contributed by atoms with Gasteiger partial charge in [-0.3, -0.25) is 19.2 Å². The fourth-order valence-corrected chi connectivity index (χ4v) is 3.66. The number of aliphatic hydroxyl groups is 3. The van der Waals surface area contributed by atoms with Crippen LogP contribution in [0.2, 0.25) is 0 Å². The van der Waals surface area contributed by atoms with Crippen molar-refractivity contribution in [1.29, 1.82) is 0 Å². The third-order valence-electron chi connectivity index (χ3n) is 5.23. The summed E-state index contributed by atoms with van der Waals surface area (Å²) in [5, 5.41) is 41.7. The van der Waals surface area contributed by atoms with Gasteiger partial charge in [0.2, 0.25) is 17.7 Å². The Labute approximate surface area is 197 Å². The van der Waals surface area contributed by atoms with Gasteiger partial charge >= 0.3 is 5.97 Å². The predicted octanol–water partition coefficient (Wildman–Crippen LogP) is -3.38. The molecule has 0 spiro atoms. The molecule has 9 N–H and O–H groups in total. The van der Waals surface area contributed by atoms with E-state index >= 15 is 0 Å². The van der Waals surface area contributed by atoms with E-state index in [4.69, 9.17) is 26.0 Å². The minimum Gasteiger partial charge on any atom is -0.481 e. The Morgan fingerprint density at radius 1 is 1.24 bits per heavy atom. The van der Waals surface area contributed by atoms with Crippen LogP contribution in [0.5, 0.6) is 0 Å². The van der Waals surface area contributed by atoms with Gasteiger partial charge < -0.3 is 51.6 Å². The fourth-order valence-electron chi connectivity index (χ4n) is 3.66. The van der Waals surface area contributed by atoms with Gasteiger partial charge in [-0.05, 0) is 27.2 Å². The highest BCUT2D eigenvalue weighted by Gasteiger charge is 2.47. The molecule has 0 saturated carbocycles. The van der Waals surface area contributed by atoms with E-state index in [0.717, 1.165) is 4.90 Å². The van der Waals surface area contributed by atoms with E-state index in [-0.39, 0.29) is 13.0 Å². The summed E-state index contributed by atoms with van der Waals surface area (Å²) in [7, 11) is 0. The van der Waals surface area contributed by atoms with E-state index in [1.54, 1.807) is 0 Å². The molecule has 0 bridgehead atoms. The number of nitrogens with one attached hydrogen (secondary N) is 1. The number of primary amides is 1. The number of carboxylic acid groups (broad SMARTS) is 1. The van der Waals surface area contributed by atoms with E-state index < -0.39 is 85.0 Å². The molecule has 0 aliphatic carbocycles. The molecule has 1 fully saturated rings. The van der Waals surface area contributed by atoms with E-state index in [1.165, 1.54) is 27.7 Å². The van der Waals surface area contributed by atoms with Crippen LogP contribution in [0.25, 0.3) is 0 Å². The number of rotatable bonds is 12. The number of aliphatic carboxylic acids is 1. The van der Waals surface area contributed by atoms with Crippen LogP contribution in [-0.4, -0.2) is 110 Å². The van der Waals surface area contributed by atoms with Crippen LogP contribution in [0.1, 0.15) is 40.5 Å². The van der Waals surface area contributed by atoms with Crippen LogP contribution in [0, 0.1) is 0 Å². The number of nitrogens with two attached hydrogens (primary N) is 2. The van der Waals surface area contributed by atoms with Gasteiger partial charge in [-0.1, -0.05) is 0 Å². The fraction of sp³-hybridized carbons (Fsp3) is 0.800. The summed E-state index contributed by atoms with van der Waals surface area (Å²) in [5.74, 6) is -3.38. The summed E-state index contributed by atoms with van der Waals surface area (Å²) in [6.07, 6.45) is -7.21. The molecule has 7 atom stereocenters. The maximum atomic E-state index is 13.0. The van der Waals surface area contributed by atoms with Crippen LogP contribution in [0.15, 0.2) is 0 Å². The van der Waals surface area contributed by atoms with Crippen LogP contribution < -0.4 is 16.8 Å². The summed E-state index contributed by atoms with van der Waals surface area (Å²) in [6, 6.07) is -2.52. The molecule has 0 aromatic carbocycles. The van der Waals surface area contributed by atoms with Gasteiger partial charge in [0.25, 0.3) is 0 Å². The summed E-state index contributed by atoms with van der Waals surface area (Å²) in [5.41, 5.74) is 9.93. The Morgan fingerprint density at radius 2 is 1.82 bits per heavy atom. The number of hydrogen-bond acceptors (Lipinski definition) is 10. The van der Waals surface area contributed by atoms with Crippen molar-refractivity contribution >= 4 is 23.7 Å². The van der Waals surface area contributed by atoms with Crippen molar-refractivity contribution in [2.24, 2.45) is 11.5 Å². The topological polar surface area (TPSA) is 235 Å². The van der Waals surface area contributed by atoms with E-state index in [9.17, 15) is 34.5 Å². The quantitative estimate of drug-likeness (QED) is 0.142. The predicted molar refractivity (Wildman–Crippen MR) is 116 cm³/mol. The lowest BCUT2D eigenvalue weighted by atomic mass is 9.96. The lowest BCUT2D eigenvalue weighted by molar-refractivity contribution is -0.268. The smallest absolute Gasteiger partial charge is 0.303 e. The Morgan fingerprint density at radius 3 is 2.26 bits per heavy atom. The standard InChI is InChI=1S/C20H36N4O10/c1-9(33-16-14(23-10(2)26)18(31)34-12(8-25)15(16)29)7-24(19(32)20(3,4)22)11(17(21)30)5-6-13(27)28/h9,11-12,14-16,18,25,29,31H,5-8,22H2,1-4H3,(H2,21,30)(H,23,26)(H,27,28)/t9?,11-,12-,14-,15-,16-,18+/m1/s1. The second-order valence-corrected chi connectivity index (χ2v) is 8.91. The summed E-state index contributed by atoms with van der Waals surface area (Å²) in [4.78, 5) is 48.7. The molecule has 1 aliphatic rings.